The predicted octanol–water partition coefficient (Wildman–Crippen LogP) is 2.23. The second-order valence-corrected chi connectivity index (χ2v) is 7.11. The van der Waals surface area contributed by atoms with E-state index in [9.17, 15) is 4.79 Å². The summed E-state index contributed by atoms with van der Waals surface area (Å²) in [6, 6.07) is 1.95. The first-order valence-corrected chi connectivity index (χ1v) is 8.88. The van der Waals surface area contributed by atoms with Crippen molar-refractivity contribution in [2.24, 2.45) is 0 Å². The molecule has 8 heteroatoms. The quantitative estimate of drug-likeness (QED) is 0.829. The summed E-state index contributed by atoms with van der Waals surface area (Å²) in [6.45, 7) is 9.31. The van der Waals surface area contributed by atoms with E-state index in [0.717, 1.165) is 61.3 Å². The molecule has 0 spiro atoms. The molecule has 132 valence electrons. The van der Waals surface area contributed by atoms with Crippen molar-refractivity contribution in [1.82, 2.24) is 24.6 Å². The first-order valence-electron chi connectivity index (χ1n) is 8.06. The smallest absolute Gasteiger partial charge is 0.265 e. The van der Waals surface area contributed by atoms with Gasteiger partial charge in [-0.05, 0) is 32.9 Å². The molecule has 6 nitrogen and oxygen atoms in total. The van der Waals surface area contributed by atoms with Crippen LogP contribution in [0.3, 0.4) is 0 Å². The fraction of sp³-hybridized carbons (Fsp3) is 0.562. The van der Waals surface area contributed by atoms with E-state index in [2.05, 4.69) is 15.0 Å². The van der Waals surface area contributed by atoms with E-state index in [-0.39, 0.29) is 18.3 Å². The van der Waals surface area contributed by atoms with Gasteiger partial charge in [0.05, 0.1) is 17.2 Å². The van der Waals surface area contributed by atoms with Crippen LogP contribution in [0.5, 0.6) is 0 Å². The number of thiazole rings is 1. The summed E-state index contributed by atoms with van der Waals surface area (Å²) in [5, 5.41) is 5.20. The van der Waals surface area contributed by atoms with Gasteiger partial charge in [-0.2, -0.15) is 5.10 Å². The van der Waals surface area contributed by atoms with Gasteiger partial charge < -0.3 is 4.90 Å². The summed E-state index contributed by atoms with van der Waals surface area (Å²) < 4.78 is 1.96. The Bertz CT molecular complexity index is 657. The summed E-state index contributed by atoms with van der Waals surface area (Å²) in [7, 11) is 0. The first kappa shape index (κ1) is 18.9. The first-order chi connectivity index (χ1) is 11.1. The monoisotopic (exact) mass is 369 g/mol. The number of carbonyl (C=O) groups is 1. The van der Waals surface area contributed by atoms with E-state index in [1.54, 1.807) is 0 Å². The van der Waals surface area contributed by atoms with Crippen molar-refractivity contribution >= 4 is 29.7 Å². The standard InChI is InChI=1S/C16H23N5OS.ClH/c1-13-15(23-14(2)18-13)16(22)20-7-4-6-19(9-11-20)10-12-21-8-3-5-17-21;/h3,5,8H,4,6-7,9-12H2,1-2H3;1H. The number of hydrogen-bond acceptors (Lipinski definition) is 5. The third kappa shape index (κ3) is 4.55. The molecule has 1 fully saturated rings. The highest BCUT2D eigenvalue weighted by atomic mass is 35.5. The fourth-order valence-electron chi connectivity index (χ4n) is 2.95. The van der Waals surface area contributed by atoms with Crippen LogP contribution in [0.15, 0.2) is 18.5 Å². The highest BCUT2D eigenvalue weighted by Gasteiger charge is 2.23. The van der Waals surface area contributed by atoms with Crippen LogP contribution >= 0.6 is 23.7 Å². The van der Waals surface area contributed by atoms with Crippen LogP contribution in [0.4, 0.5) is 0 Å². The highest BCUT2D eigenvalue weighted by molar-refractivity contribution is 7.13. The highest BCUT2D eigenvalue weighted by Crippen LogP contribution is 2.20. The minimum atomic E-state index is 0. The molecule has 3 rings (SSSR count). The predicted molar refractivity (Wildman–Crippen MR) is 98.0 cm³/mol. The summed E-state index contributed by atoms with van der Waals surface area (Å²) in [4.78, 5) is 22.3. The van der Waals surface area contributed by atoms with Crippen LogP contribution in [0.2, 0.25) is 0 Å². The molecule has 1 saturated heterocycles. The molecule has 1 aliphatic heterocycles. The normalized spacial score (nSPS) is 15.8. The molecular weight excluding hydrogens is 346 g/mol. The molecule has 3 heterocycles. The summed E-state index contributed by atoms with van der Waals surface area (Å²) in [5.74, 6) is 0.141. The van der Waals surface area contributed by atoms with Gasteiger partial charge in [0.15, 0.2) is 0 Å². The Morgan fingerprint density at radius 3 is 2.71 bits per heavy atom. The lowest BCUT2D eigenvalue weighted by Crippen LogP contribution is -2.36. The largest absolute Gasteiger partial charge is 0.337 e. The Hall–Kier alpha value is -1.44. The summed E-state index contributed by atoms with van der Waals surface area (Å²) in [5.41, 5.74) is 0.859. The third-order valence-electron chi connectivity index (χ3n) is 4.18. The van der Waals surface area contributed by atoms with Crippen molar-refractivity contribution < 1.29 is 4.79 Å². The number of carbonyl (C=O) groups excluding carboxylic acids is 1. The minimum absolute atomic E-state index is 0. The van der Waals surface area contributed by atoms with Crippen LogP contribution in [0, 0.1) is 13.8 Å². The SMILES string of the molecule is Cc1nc(C)c(C(=O)N2CCCN(CCn3cccn3)CC2)s1.Cl. The van der Waals surface area contributed by atoms with E-state index < -0.39 is 0 Å². The van der Waals surface area contributed by atoms with E-state index >= 15 is 0 Å². The van der Waals surface area contributed by atoms with Gasteiger partial charge in [0.2, 0.25) is 0 Å². The van der Waals surface area contributed by atoms with Gasteiger partial charge in [-0.25, -0.2) is 4.98 Å². The van der Waals surface area contributed by atoms with Gasteiger partial charge in [0.25, 0.3) is 5.91 Å². The lowest BCUT2D eigenvalue weighted by molar-refractivity contribution is 0.0765. The molecule has 2 aromatic rings. The van der Waals surface area contributed by atoms with E-state index in [4.69, 9.17) is 0 Å². The molecule has 0 bridgehead atoms. The number of hydrogen-bond donors (Lipinski definition) is 0. The Balaban J connectivity index is 0.00000208. The zero-order chi connectivity index (χ0) is 16.2. The lowest BCUT2D eigenvalue weighted by Gasteiger charge is -2.21. The molecule has 0 saturated carbocycles. The van der Waals surface area contributed by atoms with Crippen LogP contribution in [0.1, 0.15) is 26.8 Å². The lowest BCUT2D eigenvalue weighted by atomic mass is 10.3. The number of aryl methyl sites for hydroxylation is 2. The van der Waals surface area contributed by atoms with Crippen molar-refractivity contribution in [3.05, 3.63) is 34.0 Å². The molecular formula is C16H24ClN5OS. The molecule has 24 heavy (non-hydrogen) atoms. The summed E-state index contributed by atoms with van der Waals surface area (Å²) >= 11 is 1.50. The Morgan fingerprint density at radius 1 is 1.21 bits per heavy atom. The molecule has 0 aliphatic carbocycles. The van der Waals surface area contributed by atoms with Gasteiger partial charge in [0, 0.05) is 38.6 Å². The van der Waals surface area contributed by atoms with Crippen molar-refractivity contribution in [2.75, 3.05) is 32.7 Å². The topological polar surface area (TPSA) is 54.3 Å². The number of aromatic nitrogens is 3. The number of rotatable bonds is 4. The van der Waals surface area contributed by atoms with Gasteiger partial charge in [-0.1, -0.05) is 0 Å². The Morgan fingerprint density at radius 2 is 2.04 bits per heavy atom. The summed E-state index contributed by atoms with van der Waals surface area (Å²) in [6.07, 6.45) is 4.81. The maximum Gasteiger partial charge on any atom is 0.265 e. The van der Waals surface area contributed by atoms with Crippen LogP contribution in [-0.4, -0.2) is 63.2 Å². The zero-order valence-electron chi connectivity index (χ0n) is 14.1. The molecule has 1 aliphatic rings. The van der Waals surface area contributed by atoms with Crippen LogP contribution in [-0.2, 0) is 6.54 Å². The van der Waals surface area contributed by atoms with E-state index in [0.29, 0.717) is 0 Å². The second-order valence-electron chi connectivity index (χ2n) is 5.90. The minimum Gasteiger partial charge on any atom is -0.337 e. The zero-order valence-corrected chi connectivity index (χ0v) is 15.8. The fourth-order valence-corrected chi connectivity index (χ4v) is 3.84. The van der Waals surface area contributed by atoms with Crippen molar-refractivity contribution in [3.63, 3.8) is 0 Å². The van der Waals surface area contributed by atoms with Crippen molar-refractivity contribution in [3.8, 4) is 0 Å². The second kappa shape index (κ2) is 8.60. The molecule has 0 radical (unpaired) electrons. The molecule has 0 atom stereocenters. The van der Waals surface area contributed by atoms with Gasteiger partial charge in [-0.3, -0.25) is 14.4 Å². The molecule has 0 aromatic carbocycles. The van der Waals surface area contributed by atoms with E-state index in [1.807, 2.05) is 41.9 Å². The third-order valence-corrected chi connectivity index (χ3v) is 5.24. The average molecular weight is 370 g/mol. The maximum absolute atomic E-state index is 12.7. The number of nitrogens with zero attached hydrogens (tertiary/aromatic N) is 5. The maximum atomic E-state index is 12.7. The molecule has 2 aromatic heterocycles. The van der Waals surface area contributed by atoms with E-state index in [1.165, 1.54) is 11.3 Å². The van der Waals surface area contributed by atoms with Gasteiger partial charge >= 0.3 is 0 Å². The van der Waals surface area contributed by atoms with Gasteiger partial charge in [-0.15, -0.1) is 23.7 Å². The molecule has 1 amide bonds. The average Bonchev–Trinajstić information content (AvgIpc) is 3.08. The Labute approximate surface area is 152 Å². The van der Waals surface area contributed by atoms with Crippen LogP contribution < -0.4 is 0 Å². The molecule has 0 unspecified atom stereocenters. The van der Waals surface area contributed by atoms with Crippen molar-refractivity contribution in [2.45, 2.75) is 26.8 Å². The Kier molecular flexibility index (Phi) is 6.77. The number of amides is 1. The molecule has 0 N–H and O–H groups in total. The van der Waals surface area contributed by atoms with Crippen LogP contribution in [0.25, 0.3) is 0 Å². The van der Waals surface area contributed by atoms with Gasteiger partial charge in [0.1, 0.15) is 4.88 Å². The van der Waals surface area contributed by atoms with Crippen molar-refractivity contribution in [1.29, 1.82) is 0 Å². The number of halogens is 1.